The van der Waals surface area contributed by atoms with Crippen molar-refractivity contribution < 1.29 is 4.42 Å². The predicted octanol–water partition coefficient (Wildman–Crippen LogP) is 4.41. The van der Waals surface area contributed by atoms with Crippen LogP contribution in [0.2, 0.25) is 5.02 Å². The van der Waals surface area contributed by atoms with E-state index in [0.717, 1.165) is 34.5 Å². The summed E-state index contributed by atoms with van der Waals surface area (Å²) in [6.07, 6.45) is 2.70. The number of nitrogens with zero attached hydrogens (tertiary/aromatic N) is 2. The molecule has 0 amide bonds. The van der Waals surface area contributed by atoms with Gasteiger partial charge >= 0.3 is 5.63 Å². The van der Waals surface area contributed by atoms with Gasteiger partial charge in [-0.1, -0.05) is 18.5 Å². The number of hydrogen-bond acceptors (Lipinski definition) is 5. The maximum atomic E-state index is 11.9. The van der Waals surface area contributed by atoms with E-state index in [-0.39, 0.29) is 5.63 Å². The van der Waals surface area contributed by atoms with Gasteiger partial charge in [-0.3, -0.25) is 4.90 Å². The van der Waals surface area contributed by atoms with Crippen molar-refractivity contribution in [3.05, 3.63) is 60.9 Å². The summed E-state index contributed by atoms with van der Waals surface area (Å²) >= 11 is 8.03. The fraction of sp³-hybridized carbons (Fsp3) is 0.333. The lowest BCUT2D eigenvalue weighted by Crippen LogP contribution is -2.18. The quantitative estimate of drug-likeness (QED) is 0.631. The van der Waals surface area contributed by atoms with Gasteiger partial charge in [-0.15, -0.1) is 11.3 Å². The Bertz CT molecular complexity index is 932. The molecule has 0 fully saturated rings. The SMILES string of the molecule is CCc1cc2oc(=O)cc(CN(C)Cc3cnc(C)s3)c2cc1Cl. The van der Waals surface area contributed by atoms with E-state index in [0.29, 0.717) is 17.2 Å². The summed E-state index contributed by atoms with van der Waals surface area (Å²) in [7, 11) is 2.03. The molecule has 0 aliphatic carbocycles. The van der Waals surface area contributed by atoms with Crippen LogP contribution in [-0.4, -0.2) is 16.9 Å². The summed E-state index contributed by atoms with van der Waals surface area (Å²) in [6.45, 7) is 5.45. The van der Waals surface area contributed by atoms with E-state index in [4.69, 9.17) is 16.0 Å². The minimum absolute atomic E-state index is 0.330. The molecule has 0 bridgehead atoms. The number of aryl methyl sites for hydroxylation is 2. The van der Waals surface area contributed by atoms with Crippen LogP contribution in [0.25, 0.3) is 11.0 Å². The Kier molecular flexibility index (Phi) is 5.04. The number of halogens is 1. The summed E-state index contributed by atoms with van der Waals surface area (Å²) in [5.41, 5.74) is 2.18. The molecule has 0 atom stereocenters. The Balaban J connectivity index is 1.93. The molecule has 126 valence electrons. The Morgan fingerprint density at radius 3 is 2.71 bits per heavy atom. The topological polar surface area (TPSA) is 46.3 Å². The third kappa shape index (κ3) is 3.69. The average molecular weight is 363 g/mol. The van der Waals surface area contributed by atoms with Crippen molar-refractivity contribution in [1.29, 1.82) is 0 Å². The van der Waals surface area contributed by atoms with Crippen molar-refractivity contribution in [2.45, 2.75) is 33.4 Å². The summed E-state index contributed by atoms with van der Waals surface area (Å²) in [4.78, 5) is 19.5. The fourth-order valence-electron chi connectivity index (χ4n) is 2.78. The first-order chi connectivity index (χ1) is 11.5. The zero-order chi connectivity index (χ0) is 17.3. The molecule has 3 aromatic rings. The van der Waals surface area contributed by atoms with E-state index in [1.54, 1.807) is 17.4 Å². The van der Waals surface area contributed by atoms with Gasteiger partial charge in [0, 0.05) is 40.6 Å². The molecule has 0 aliphatic rings. The Morgan fingerprint density at radius 2 is 2.04 bits per heavy atom. The molecule has 2 aromatic heterocycles. The van der Waals surface area contributed by atoms with E-state index in [1.165, 1.54) is 4.88 Å². The van der Waals surface area contributed by atoms with Crippen LogP contribution >= 0.6 is 22.9 Å². The second-order valence-corrected chi connectivity index (χ2v) is 7.63. The van der Waals surface area contributed by atoms with E-state index in [2.05, 4.69) is 9.88 Å². The van der Waals surface area contributed by atoms with Crippen LogP contribution in [0.5, 0.6) is 0 Å². The first-order valence-electron chi connectivity index (χ1n) is 7.81. The highest BCUT2D eigenvalue weighted by Gasteiger charge is 2.12. The van der Waals surface area contributed by atoms with Crippen LogP contribution in [0.1, 0.15) is 27.9 Å². The standard InChI is InChI=1S/C18H19ClN2O2S/c1-4-12-5-17-15(7-16(12)19)13(6-18(22)23-17)9-21(3)10-14-8-20-11(2)24-14/h5-8H,4,9-10H2,1-3H3. The van der Waals surface area contributed by atoms with Gasteiger partial charge in [-0.2, -0.15) is 0 Å². The number of hydrogen-bond donors (Lipinski definition) is 0. The third-order valence-electron chi connectivity index (χ3n) is 3.91. The number of thiazole rings is 1. The molecule has 2 heterocycles. The van der Waals surface area contributed by atoms with Gasteiger partial charge in [0.25, 0.3) is 0 Å². The smallest absolute Gasteiger partial charge is 0.336 e. The summed E-state index contributed by atoms with van der Waals surface area (Å²) in [5.74, 6) is 0. The normalized spacial score (nSPS) is 11.5. The summed E-state index contributed by atoms with van der Waals surface area (Å²) in [6, 6.07) is 5.33. The van der Waals surface area contributed by atoms with Gasteiger partial charge in [-0.25, -0.2) is 9.78 Å². The third-order valence-corrected chi connectivity index (χ3v) is 5.16. The maximum Gasteiger partial charge on any atom is 0.336 e. The van der Waals surface area contributed by atoms with Gasteiger partial charge in [0.2, 0.25) is 0 Å². The second kappa shape index (κ2) is 7.05. The van der Waals surface area contributed by atoms with Gasteiger partial charge in [-0.05, 0) is 43.7 Å². The van der Waals surface area contributed by atoms with Crippen LogP contribution in [-0.2, 0) is 19.5 Å². The number of fused-ring (bicyclic) bond motifs is 1. The number of benzene rings is 1. The lowest BCUT2D eigenvalue weighted by Gasteiger charge is -2.17. The molecule has 3 rings (SSSR count). The highest BCUT2D eigenvalue weighted by Crippen LogP contribution is 2.27. The first kappa shape index (κ1) is 17.1. The highest BCUT2D eigenvalue weighted by atomic mass is 35.5. The molecule has 0 saturated heterocycles. The zero-order valence-corrected chi connectivity index (χ0v) is 15.5. The maximum absolute atomic E-state index is 11.9. The molecule has 4 nitrogen and oxygen atoms in total. The van der Waals surface area contributed by atoms with E-state index in [1.807, 2.05) is 39.2 Å². The molecular formula is C18H19ClN2O2S. The predicted molar refractivity (Wildman–Crippen MR) is 98.9 cm³/mol. The minimum atomic E-state index is -0.330. The average Bonchev–Trinajstić information content (AvgIpc) is 2.92. The van der Waals surface area contributed by atoms with Crippen molar-refractivity contribution >= 4 is 33.9 Å². The molecule has 0 radical (unpaired) electrons. The number of rotatable bonds is 5. The van der Waals surface area contributed by atoms with Gasteiger partial charge in [0.15, 0.2) is 0 Å². The summed E-state index contributed by atoms with van der Waals surface area (Å²) < 4.78 is 5.36. The van der Waals surface area contributed by atoms with Crippen LogP contribution in [0.3, 0.4) is 0 Å². The molecule has 0 aliphatic heterocycles. The van der Waals surface area contributed by atoms with Gasteiger partial charge < -0.3 is 4.42 Å². The van der Waals surface area contributed by atoms with Crippen LogP contribution in [0.15, 0.2) is 33.6 Å². The largest absolute Gasteiger partial charge is 0.423 e. The van der Waals surface area contributed by atoms with Crippen LogP contribution in [0, 0.1) is 6.92 Å². The number of aromatic nitrogens is 1. The van der Waals surface area contributed by atoms with Crippen molar-refractivity contribution in [2.24, 2.45) is 0 Å². The minimum Gasteiger partial charge on any atom is -0.423 e. The van der Waals surface area contributed by atoms with Gasteiger partial charge in [0.1, 0.15) is 5.58 Å². The van der Waals surface area contributed by atoms with Crippen LogP contribution < -0.4 is 5.63 Å². The van der Waals surface area contributed by atoms with Gasteiger partial charge in [0.05, 0.1) is 5.01 Å². The molecule has 0 saturated carbocycles. The Hall–Kier alpha value is -1.69. The Labute approximate surface area is 149 Å². The monoisotopic (exact) mass is 362 g/mol. The molecule has 6 heteroatoms. The highest BCUT2D eigenvalue weighted by molar-refractivity contribution is 7.11. The van der Waals surface area contributed by atoms with Crippen LogP contribution in [0.4, 0.5) is 0 Å². The molecule has 0 spiro atoms. The van der Waals surface area contributed by atoms with Crippen molar-refractivity contribution in [1.82, 2.24) is 9.88 Å². The molecule has 0 unspecified atom stereocenters. The van der Waals surface area contributed by atoms with Crippen molar-refractivity contribution in [3.8, 4) is 0 Å². The Morgan fingerprint density at radius 1 is 1.25 bits per heavy atom. The fourth-order valence-corrected chi connectivity index (χ4v) is 3.95. The molecule has 0 N–H and O–H groups in total. The summed E-state index contributed by atoms with van der Waals surface area (Å²) in [5, 5.41) is 2.66. The van der Waals surface area contributed by atoms with Crippen molar-refractivity contribution in [3.63, 3.8) is 0 Å². The van der Waals surface area contributed by atoms with E-state index >= 15 is 0 Å². The lowest BCUT2D eigenvalue weighted by atomic mass is 10.1. The lowest BCUT2D eigenvalue weighted by molar-refractivity contribution is 0.322. The molecule has 1 aromatic carbocycles. The molecule has 24 heavy (non-hydrogen) atoms. The van der Waals surface area contributed by atoms with Crippen molar-refractivity contribution in [2.75, 3.05) is 7.05 Å². The van der Waals surface area contributed by atoms with E-state index in [9.17, 15) is 4.79 Å². The molecular weight excluding hydrogens is 344 g/mol. The second-order valence-electron chi connectivity index (χ2n) is 5.90. The zero-order valence-electron chi connectivity index (χ0n) is 13.9. The first-order valence-corrected chi connectivity index (χ1v) is 9.00. The van der Waals surface area contributed by atoms with E-state index < -0.39 is 0 Å².